The Balaban J connectivity index is 1.04. The van der Waals surface area contributed by atoms with Gasteiger partial charge >= 0.3 is 6.09 Å². The monoisotopic (exact) mass is 1040 g/mol. The van der Waals surface area contributed by atoms with Crippen LogP contribution in [-0.2, 0) is 40.7 Å². The molecule has 1 saturated carbocycles. The van der Waals surface area contributed by atoms with Crippen LogP contribution < -0.4 is 24.4 Å². The molecule has 4 atom stereocenters. The van der Waals surface area contributed by atoms with Crippen molar-refractivity contribution in [3.63, 3.8) is 0 Å². The van der Waals surface area contributed by atoms with Crippen molar-refractivity contribution in [3.05, 3.63) is 163 Å². The molecule has 1 spiro atoms. The number of benzene rings is 5. The smallest absolute Gasteiger partial charge is 0.425 e. The summed E-state index contributed by atoms with van der Waals surface area (Å²) >= 11 is 8.06. The highest BCUT2D eigenvalue weighted by molar-refractivity contribution is 8.68. The predicted octanol–water partition coefficient (Wildman–Crippen LogP) is 12.1. The molecule has 4 heterocycles. The number of anilines is 3. The van der Waals surface area contributed by atoms with Gasteiger partial charge in [-0.3, -0.25) is 14.7 Å². The van der Waals surface area contributed by atoms with E-state index in [1.807, 2.05) is 115 Å². The Morgan fingerprint density at radius 1 is 0.822 bits per heavy atom. The van der Waals surface area contributed by atoms with Crippen LogP contribution in [0.25, 0.3) is 11.2 Å². The average Bonchev–Trinajstić information content (AvgIpc) is 4.12. The van der Waals surface area contributed by atoms with Gasteiger partial charge in [0.1, 0.15) is 29.4 Å². The molecule has 0 unspecified atom stereocenters. The van der Waals surface area contributed by atoms with Gasteiger partial charge in [-0.1, -0.05) is 135 Å². The van der Waals surface area contributed by atoms with Crippen LogP contribution in [0.4, 0.5) is 22.1 Å². The topological polar surface area (TPSA) is 158 Å². The largest absolute Gasteiger partial charge is 0.497 e. The second kappa shape index (κ2) is 21.7. The zero-order valence-electron chi connectivity index (χ0n) is 41.0. The Hall–Kier alpha value is -6.17. The first-order valence-electron chi connectivity index (χ1n) is 24.4. The quantitative estimate of drug-likeness (QED) is 0.0720. The molecule has 0 radical (unpaired) electrons. The lowest BCUT2D eigenvalue weighted by molar-refractivity contribution is -0.118. The van der Waals surface area contributed by atoms with E-state index in [-0.39, 0.29) is 40.3 Å². The van der Waals surface area contributed by atoms with Crippen molar-refractivity contribution in [2.45, 2.75) is 81.2 Å². The number of nitrogens with one attached hydrogen (secondary N) is 1. The number of amides is 2. The Morgan fingerprint density at radius 3 is 1.97 bits per heavy atom. The van der Waals surface area contributed by atoms with Crippen molar-refractivity contribution in [2.75, 3.05) is 37.7 Å². The van der Waals surface area contributed by atoms with Crippen molar-refractivity contribution in [1.29, 1.82) is 0 Å². The van der Waals surface area contributed by atoms with Gasteiger partial charge in [0, 0.05) is 17.1 Å². The van der Waals surface area contributed by atoms with E-state index in [1.165, 1.54) is 11.3 Å². The first-order valence-corrected chi connectivity index (χ1v) is 28.5. The van der Waals surface area contributed by atoms with E-state index in [4.69, 9.17) is 54.5 Å². The molecule has 378 valence electrons. The fourth-order valence-electron chi connectivity index (χ4n) is 9.67. The van der Waals surface area contributed by atoms with E-state index >= 15 is 0 Å². The van der Waals surface area contributed by atoms with Crippen LogP contribution in [0.3, 0.4) is 0 Å². The third kappa shape index (κ3) is 10.6. The number of hydrogen-bond acceptors (Lipinski definition) is 14. The number of nitrogens with zero attached hydrogens (tertiary/aromatic N) is 5. The van der Waals surface area contributed by atoms with Crippen molar-refractivity contribution in [2.24, 2.45) is 5.92 Å². The van der Waals surface area contributed by atoms with E-state index in [1.54, 1.807) is 74.6 Å². The number of carbonyl (C=O) groups excluding carboxylic acids is 2. The highest BCUT2D eigenvalue weighted by Gasteiger charge is 2.51. The molecule has 1 N–H and O–H groups in total. The van der Waals surface area contributed by atoms with Crippen molar-refractivity contribution < 1.29 is 42.3 Å². The molecule has 73 heavy (non-hydrogen) atoms. The second-order valence-electron chi connectivity index (χ2n) is 18.6. The van der Waals surface area contributed by atoms with Crippen LogP contribution in [0, 0.1) is 5.92 Å². The van der Waals surface area contributed by atoms with Gasteiger partial charge in [-0.25, -0.2) is 14.7 Å². The third-order valence-corrected chi connectivity index (χ3v) is 19.3. The van der Waals surface area contributed by atoms with Gasteiger partial charge in [0.05, 0.1) is 51.2 Å². The molecule has 7 aromatic rings. The van der Waals surface area contributed by atoms with E-state index in [0.717, 1.165) is 42.4 Å². The Morgan fingerprint density at radius 2 is 1.40 bits per heavy atom. The Bertz CT molecular complexity index is 2990. The van der Waals surface area contributed by atoms with Gasteiger partial charge in [0.15, 0.2) is 11.2 Å². The van der Waals surface area contributed by atoms with Gasteiger partial charge < -0.3 is 32.7 Å². The maximum absolute atomic E-state index is 14.4. The molecule has 5 aromatic carbocycles. The predicted molar refractivity (Wildman–Crippen MR) is 285 cm³/mol. The van der Waals surface area contributed by atoms with Crippen molar-refractivity contribution in [3.8, 4) is 17.4 Å². The average molecular weight is 1040 g/mol. The molecule has 0 bridgehead atoms. The van der Waals surface area contributed by atoms with Crippen LogP contribution in [0.1, 0.15) is 75.3 Å². The van der Waals surface area contributed by atoms with Gasteiger partial charge in [0.25, 0.3) is 5.88 Å². The minimum atomic E-state index is -2.89. The number of rotatable bonds is 16. The summed E-state index contributed by atoms with van der Waals surface area (Å²) in [6, 6.07) is 44.1. The standard InChI is InChI=1S/C55H57N6O9PS2/c1-37(2)50(62)58-52-57-49-48(51(59-52)69-53(63)61(41-19-11-6-12-20-41)42-21-13-7-14-22-42)56-36-60(49)47-33-45(70-71(72)67-35-54(73-71)31-15-8-16-32-54)46(68-47)34-66-55(38-17-9-5-10-18-38,39-23-27-43(64-3)28-24-39)40-25-29-44(65-4)30-26-40/h5-7,9-14,17-30,36-37,45-47H,8,15-16,31-35H2,1-4H3,(H,57,58,59,62)/t45-,46+,47+,71+/m0/s1. The molecule has 15 nitrogen and oxygen atoms in total. The van der Waals surface area contributed by atoms with E-state index < -0.39 is 41.7 Å². The Labute approximate surface area is 433 Å². The van der Waals surface area contributed by atoms with E-state index in [9.17, 15) is 9.59 Å². The van der Waals surface area contributed by atoms with Gasteiger partial charge in [0.2, 0.25) is 17.5 Å². The Kier molecular flexibility index (Phi) is 15.0. The first kappa shape index (κ1) is 50.4. The van der Waals surface area contributed by atoms with Gasteiger partial charge in [-0.2, -0.15) is 9.97 Å². The number of aromatic nitrogens is 4. The van der Waals surface area contributed by atoms with E-state index in [2.05, 4.69) is 10.3 Å². The minimum Gasteiger partial charge on any atom is -0.497 e. The highest BCUT2D eigenvalue weighted by Crippen LogP contribution is 2.74. The van der Waals surface area contributed by atoms with Gasteiger partial charge in [-0.15, -0.1) is 0 Å². The molecule has 3 aliphatic rings. The summed E-state index contributed by atoms with van der Waals surface area (Å²) in [5.41, 5.74) is 0.0848. The maximum atomic E-state index is 14.4. The highest BCUT2D eigenvalue weighted by atomic mass is 32.9. The van der Waals surface area contributed by atoms with E-state index in [0.29, 0.717) is 35.9 Å². The number of fused-ring (bicyclic) bond motifs is 1. The molecular formula is C55H57N6O9PS2. The molecule has 2 amide bonds. The zero-order chi connectivity index (χ0) is 50.6. The van der Waals surface area contributed by atoms with Crippen LogP contribution in [0.5, 0.6) is 17.4 Å². The van der Waals surface area contributed by atoms with Gasteiger partial charge in [-0.05, 0) is 89.9 Å². The lowest BCUT2D eigenvalue weighted by Crippen LogP contribution is -2.38. The fourth-order valence-corrected chi connectivity index (χ4v) is 16.8. The molecule has 2 saturated heterocycles. The number of carbonyl (C=O) groups is 2. The second-order valence-corrected chi connectivity index (χ2v) is 25.1. The lowest BCUT2D eigenvalue weighted by Gasteiger charge is -2.37. The molecule has 3 fully saturated rings. The summed E-state index contributed by atoms with van der Waals surface area (Å²) in [5, 5.41) is 2.81. The normalized spacial score (nSPS) is 20.5. The number of ether oxygens (including phenoxy) is 5. The molecular weight excluding hydrogens is 984 g/mol. The summed E-state index contributed by atoms with van der Waals surface area (Å²) in [6.45, 7) is 4.10. The van der Waals surface area contributed by atoms with Crippen molar-refractivity contribution in [1.82, 2.24) is 19.5 Å². The van der Waals surface area contributed by atoms with Crippen LogP contribution in [0.2, 0.25) is 0 Å². The molecule has 1 aliphatic carbocycles. The molecule has 18 heteroatoms. The third-order valence-electron chi connectivity index (χ3n) is 13.5. The molecule has 10 rings (SSSR count). The summed E-state index contributed by atoms with van der Waals surface area (Å²) in [5.74, 6) is 0.419. The van der Waals surface area contributed by atoms with Crippen molar-refractivity contribution >= 4 is 69.4 Å². The lowest BCUT2D eigenvalue weighted by atomic mass is 9.80. The number of para-hydroxylation sites is 2. The summed E-state index contributed by atoms with van der Waals surface area (Å²) in [7, 11) is 3.28. The summed E-state index contributed by atoms with van der Waals surface area (Å²) in [4.78, 5) is 43.2. The molecule has 2 aromatic heterocycles. The van der Waals surface area contributed by atoms with Crippen LogP contribution in [-0.4, -0.2) is 75.9 Å². The number of methoxy groups -OCH3 is 2. The fraction of sp³-hybridized carbons (Fsp3) is 0.327. The first-order chi connectivity index (χ1) is 35.5. The summed E-state index contributed by atoms with van der Waals surface area (Å²) in [6.07, 6.45) is 4.51. The maximum Gasteiger partial charge on any atom is 0.425 e. The summed E-state index contributed by atoms with van der Waals surface area (Å²) < 4.78 is 47.2. The zero-order valence-corrected chi connectivity index (χ0v) is 43.5. The van der Waals surface area contributed by atoms with Crippen LogP contribution in [0.15, 0.2) is 146 Å². The number of imidazole rings is 1. The number of hydrogen-bond donors (Lipinski definition) is 1. The van der Waals surface area contributed by atoms with Crippen LogP contribution >= 0.6 is 17.1 Å². The SMILES string of the molecule is COc1ccc(C(OC[C@H]2O[C@@H](n3cnc4c(OC(=O)N(c5ccccc5)c5ccccc5)nc(NC(=O)C(C)C)nc43)C[C@@H]2O[P@@]2(=S)OCC3(CCCCC3)S2)(c2ccccc2)c2ccc(OC)cc2)cc1. The minimum absolute atomic E-state index is 0.0360. The molecule has 2 aliphatic heterocycles.